The third-order valence-corrected chi connectivity index (χ3v) is 5.54. The van der Waals surface area contributed by atoms with Crippen LogP contribution in [0.4, 0.5) is 0 Å². The van der Waals surface area contributed by atoms with Crippen LogP contribution in [0.2, 0.25) is 0 Å². The lowest BCUT2D eigenvalue weighted by atomic mass is 9.84. The maximum absolute atomic E-state index is 4.92. The van der Waals surface area contributed by atoms with Gasteiger partial charge in [-0.05, 0) is 33.2 Å². The van der Waals surface area contributed by atoms with E-state index in [1.54, 1.807) is 0 Å². The maximum Gasteiger partial charge on any atom is 0.113 e. The van der Waals surface area contributed by atoms with E-state index in [9.17, 15) is 0 Å². The fourth-order valence-electron chi connectivity index (χ4n) is 3.04. The predicted molar refractivity (Wildman–Crippen MR) is 79.3 cm³/mol. The Morgan fingerprint density at radius 1 is 1.17 bits per heavy atom. The highest BCUT2D eigenvalue weighted by Gasteiger charge is 2.33. The Kier molecular flexibility index (Phi) is 4.79. The largest absolute Gasteiger partial charge is 0.308 e. The molecular weight excluding hydrogens is 240 g/mol. The zero-order chi connectivity index (χ0) is 13.0. The van der Waals surface area contributed by atoms with E-state index in [2.05, 4.69) is 26.2 Å². The summed E-state index contributed by atoms with van der Waals surface area (Å²) in [6.07, 6.45) is 10.4. The van der Waals surface area contributed by atoms with Crippen LogP contribution < -0.4 is 5.32 Å². The SMILES string of the molecule is CCc1nc(C2(NC)CCCCCCC2)sc1C. The number of aryl methyl sites for hydroxylation is 2. The first-order chi connectivity index (χ1) is 8.72. The summed E-state index contributed by atoms with van der Waals surface area (Å²) in [4.78, 5) is 6.33. The molecule has 0 spiro atoms. The van der Waals surface area contributed by atoms with Crippen molar-refractivity contribution in [1.82, 2.24) is 10.3 Å². The molecule has 1 N–H and O–H groups in total. The topological polar surface area (TPSA) is 24.9 Å². The molecule has 2 rings (SSSR count). The van der Waals surface area contributed by atoms with Crippen molar-refractivity contribution in [1.29, 1.82) is 0 Å². The summed E-state index contributed by atoms with van der Waals surface area (Å²) in [5.74, 6) is 0. The van der Waals surface area contributed by atoms with Gasteiger partial charge in [0.05, 0.1) is 11.2 Å². The molecule has 18 heavy (non-hydrogen) atoms. The molecule has 1 saturated carbocycles. The van der Waals surface area contributed by atoms with Gasteiger partial charge < -0.3 is 5.32 Å². The summed E-state index contributed by atoms with van der Waals surface area (Å²) >= 11 is 1.91. The van der Waals surface area contributed by atoms with Crippen LogP contribution in [0.3, 0.4) is 0 Å². The van der Waals surface area contributed by atoms with Crippen LogP contribution >= 0.6 is 11.3 Å². The van der Waals surface area contributed by atoms with Gasteiger partial charge >= 0.3 is 0 Å². The average molecular weight is 266 g/mol. The Balaban J connectivity index is 2.27. The minimum Gasteiger partial charge on any atom is -0.308 e. The molecule has 0 bridgehead atoms. The highest BCUT2D eigenvalue weighted by molar-refractivity contribution is 7.11. The van der Waals surface area contributed by atoms with Crippen molar-refractivity contribution >= 4 is 11.3 Å². The van der Waals surface area contributed by atoms with E-state index in [0.29, 0.717) is 0 Å². The molecule has 0 atom stereocenters. The number of aromatic nitrogens is 1. The molecule has 1 aromatic rings. The van der Waals surface area contributed by atoms with Gasteiger partial charge in [-0.1, -0.05) is 39.0 Å². The van der Waals surface area contributed by atoms with Crippen LogP contribution in [-0.4, -0.2) is 12.0 Å². The smallest absolute Gasteiger partial charge is 0.113 e. The van der Waals surface area contributed by atoms with Crippen LogP contribution in [-0.2, 0) is 12.0 Å². The fraction of sp³-hybridized carbons (Fsp3) is 0.800. The van der Waals surface area contributed by atoms with Crippen molar-refractivity contribution in [3.8, 4) is 0 Å². The van der Waals surface area contributed by atoms with Crippen LogP contribution in [0.1, 0.15) is 67.4 Å². The first kappa shape index (κ1) is 14.0. The predicted octanol–water partition coefficient (Wildman–Crippen LogP) is 4.17. The average Bonchev–Trinajstić information content (AvgIpc) is 2.72. The summed E-state index contributed by atoms with van der Waals surface area (Å²) in [7, 11) is 2.12. The molecule has 0 radical (unpaired) electrons. The molecule has 0 aromatic carbocycles. The minimum absolute atomic E-state index is 0.156. The quantitative estimate of drug-likeness (QED) is 0.888. The molecule has 1 heterocycles. The number of hydrogen-bond acceptors (Lipinski definition) is 3. The summed E-state index contributed by atoms with van der Waals surface area (Å²) in [5, 5.41) is 4.95. The summed E-state index contributed by atoms with van der Waals surface area (Å²) in [5.41, 5.74) is 1.45. The van der Waals surface area contributed by atoms with Gasteiger partial charge in [0.1, 0.15) is 5.01 Å². The molecule has 0 saturated heterocycles. The summed E-state index contributed by atoms with van der Waals surface area (Å²) in [6, 6.07) is 0. The minimum atomic E-state index is 0.156. The molecule has 1 fully saturated rings. The van der Waals surface area contributed by atoms with Gasteiger partial charge in [-0.3, -0.25) is 0 Å². The van der Waals surface area contributed by atoms with E-state index in [0.717, 1.165) is 6.42 Å². The molecule has 102 valence electrons. The third-order valence-electron chi connectivity index (χ3n) is 4.32. The van der Waals surface area contributed by atoms with Crippen LogP contribution in [0, 0.1) is 6.92 Å². The molecule has 0 aliphatic heterocycles. The molecular formula is C15H26N2S. The van der Waals surface area contributed by atoms with Crippen LogP contribution in [0.15, 0.2) is 0 Å². The second kappa shape index (κ2) is 6.16. The number of hydrogen-bond donors (Lipinski definition) is 1. The van der Waals surface area contributed by atoms with E-state index in [-0.39, 0.29) is 5.54 Å². The molecule has 1 aromatic heterocycles. The first-order valence-electron chi connectivity index (χ1n) is 7.37. The number of nitrogens with zero attached hydrogens (tertiary/aromatic N) is 1. The second-order valence-corrected chi connectivity index (χ2v) is 6.68. The van der Waals surface area contributed by atoms with E-state index in [1.165, 1.54) is 60.5 Å². The van der Waals surface area contributed by atoms with Crippen molar-refractivity contribution in [3.63, 3.8) is 0 Å². The van der Waals surface area contributed by atoms with Gasteiger partial charge in [0.25, 0.3) is 0 Å². The highest BCUT2D eigenvalue weighted by atomic mass is 32.1. The van der Waals surface area contributed by atoms with E-state index < -0.39 is 0 Å². The van der Waals surface area contributed by atoms with Crippen LogP contribution in [0.25, 0.3) is 0 Å². The number of thiazole rings is 1. The van der Waals surface area contributed by atoms with Crippen molar-refractivity contribution in [2.45, 2.75) is 70.8 Å². The molecule has 1 aliphatic rings. The lowest BCUT2D eigenvalue weighted by Crippen LogP contribution is -2.40. The summed E-state index contributed by atoms with van der Waals surface area (Å²) in [6.45, 7) is 4.42. The Hall–Kier alpha value is -0.410. The Morgan fingerprint density at radius 3 is 2.28 bits per heavy atom. The van der Waals surface area contributed by atoms with Crippen molar-refractivity contribution in [2.24, 2.45) is 0 Å². The first-order valence-corrected chi connectivity index (χ1v) is 8.19. The lowest BCUT2D eigenvalue weighted by molar-refractivity contribution is 0.269. The van der Waals surface area contributed by atoms with Gasteiger partial charge in [-0.15, -0.1) is 11.3 Å². The molecule has 0 unspecified atom stereocenters. The van der Waals surface area contributed by atoms with Crippen molar-refractivity contribution < 1.29 is 0 Å². The van der Waals surface area contributed by atoms with Crippen LogP contribution in [0.5, 0.6) is 0 Å². The molecule has 1 aliphatic carbocycles. The van der Waals surface area contributed by atoms with E-state index >= 15 is 0 Å². The normalized spacial score (nSPS) is 20.4. The standard InChI is InChI=1S/C15H26N2S/c1-4-13-12(2)18-14(17-13)15(16-3)10-8-6-5-7-9-11-15/h16H,4-11H2,1-3H3. The number of rotatable bonds is 3. The second-order valence-electron chi connectivity index (χ2n) is 5.48. The fourth-order valence-corrected chi connectivity index (χ4v) is 4.30. The van der Waals surface area contributed by atoms with E-state index in [4.69, 9.17) is 4.98 Å². The van der Waals surface area contributed by atoms with Gasteiger partial charge in [0.15, 0.2) is 0 Å². The zero-order valence-electron chi connectivity index (χ0n) is 12.0. The highest BCUT2D eigenvalue weighted by Crippen LogP contribution is 2.37. The monoisotopic (exact) mass is 266 g/mol. The van der Waals surface area contributed by atoms with Gasteiger partial charge in [-0.2, -0.15) is 0 Å². The van der Waals surface area contributed by atoms with Gasteiger partial charge in [-0.25, -0.2) is 4.98 Å². The van der Waals surface area contributed by atoms with Gasteiger partial charge in [0.2, 0.25) is 0 Å². The molecule has 3 heteroatoms. The zero-order valence-corrected chi connectivity index (χ0v) is 12.8. The van der Waals surface area contributed by atoms with Crippen molar-refractivity contribution in [2.75, 3.05) is 7.05 Å². The Morgan fingerprint density at radius 2 is 1.78 bits per heavy atom. The molecule has 2 nitrogen and oxygen atoms in total. The third kappa shape index (κ3) is 2.77. The Bertz CT molecular complexity index is 376. The Labute approximate surface area is 115 Å². The van der Waals surface area contributed by atoms with Crippen molar-refractivity contribution in [3.05, 3.63) is 15.6 Å². The number of nitrogens with one attached hydrogen (secondary N) is 1. The maximum atomic E-state index is 4.92. The summed E-state index contributed by atoms with van der Waals surface area (Å²) < 4.78 is 0. The lowest BCUT2D eigenvalue weighted by Gasteiger charge is -2.33. The van der Waals surface area contributed by atoms with Gasteiger partial charge in [0, 0.05) is 4.88 Å². The van der Waals surface area contributed by atoms with E-state index in [1.807, 2.05) is 11.3 Å². The molecule has 0 amide bonds.